The fourth-order valence-electron chi connectivity index (χ4n) is 2.97. The molecule has 2 N–H and O–H groups in total. The Balaban J connectivity index is 2.06. The first-order chi connectivity index (χ1) is 13.6. The molecule has 2 aromatic carbocycles. The molecule has 29 heavy (non-hydrogen) atoms. The Bertz CT molecular complexity index is 1260. The summed E-state index contributed by atoms with van der Waals surface area (Å²) in [7, 11) is -2.09. The molecular weight excluding hydrogens is 419 g/mol. The molecule has 1 aromatic heterocycles. The third kappa shape index (κ3) is 4.35. The number of sulfonamides is 1. The minimum absolute atomic E-state index is 0.0186. The van der Waals surface area contributed by atoms with Crippen LogP contribution in [-0.4, -0.2) is 23.7 Å². The van der Waals surface area contributed by atoms with Crippen molar-refractivity contribution >= 4 is 49.6 Å². The highest BCUT2D eigenvalue weighted by molar-refractivity contribution is 7.92. The summed E-state index contributed by atoms with van der Waals surface area (Å²) in [5.41, 5.74) is 1.10. The van der Waals surface area contributed by atoms with E-state index < -0.39 is 15.8 Å². The molecule has 10 heteroatoms. The highest BCUT2D eigenvalue weighted by Crippen LogP contribution is 2.32. The number of nitrogens with one attached hydrogen (secondary N) is 2. The Hall–Kier alpha value is -2.65. The molecule has 0 aliphatic carbocycles. The highest BCUT2D eigenvalue weighted by atomic mass is 35.5. The van der Waals surface area contributed by atoms with E-state index >= 15 is 0 Å². The third-order valence-corrected chi connectivity index (χ3v) is 6.09. The molecule has 0 fully saturated rings. The van der Waals surface area contributed by atoms with Gasteiger partial charge in [0.15, 0.2) is 5.82 Å². The van der Waals surface area contributed by atoms with E-state index in [1.54, 1.807) is 33.0 Å². The largest absolute Gasteiger partial charge is 0.353 e. The van der Waals surface area contributed by atoms with Gasteiger partial charge in [0.25, 0.3) is 5.56 Å². The predicted octanol–water partition coefficient (Wildman–Crippen LogP) is 3.93. The van der Waals surface area contributed by atoms with Gasteiger partial charge in [-0.2, -0.15) is 0 Å². The highest BCUT2D eigenvalue weighted by Gasteiger charge is 2.17. The smallest absolute Gasteiger partial charge is 0.261 e. The van der Waals surface area contributed by atoms with Gasteiger partial charge < -0.3 is 9.88 Å². The first-order valence-corrected chi connectivity index (χ1v) is 10.9. The van der Waals surface area contributed by atoms with E-state index in [1.807, 2.05) is 0 Å². The lowest BCUT2D eigenvalue weighted by Gasteiger charge is -2.15. The Morgan fingerprint density at radius 3 is 2.59 bits per heavy atom. The van der Waals surface area contributed by atoms with Gasteiger partial charge in [0.1, 0.15) is 0 Å². The van der Waals surface area contributed by atoms with Crippen LogP contribution < -0.4 is 15.6 Å². The first kappa shape index (κ1) is 21.1. The number of halogens is 2. The maximum atomic E-state index is 15.0. The standard InChI is InChI=1S/C19H20ClFN4O3S/c1-4-7-29(27,28)24-16-9-12(20)8-15(18(16)21)23-13-5-6-14-17(11(13)2)19(26)25(3)10-22-14/h5-6,8-10,23-24H,4,7H2,1-3H3. The second-order valence-electron chi connectivity index (χ2n) is 6.65. The Kier molecular flexibility index (Phi) is 5.81. The molecule has 0 atom stereocenters. The molecule has 1 heterocycles. The monoisotopic (exact) mass is 438 g/mol. The van der Waals surface area contributed by atoms with Gasteiger partial charge in [0.05, 0.1) is 34.4 Å². The van der Waals surface area contributed by atoms with Crippen molar-refractivity contribution < 1.29 is 12.8 Å². The van der Waals surface area contributed by atoms with Crippen molar-refractivity contribution in [3.05, 3.63) is 57.3 Å². The normalized spacial score (nSPS) is 11.6. The van der Waals surface area contributed by atoms with Gasteiger partial charge in [-0.3, -0.25) is 9.52 Å². The van der Waals surface area contributed by atoms with E-state index in [4.69, 9.17) is 11.6 Å². The molecule has 0 aliphatic rings. The van der Waals surface area contributed by atoms with Crippen LogP contribution in [0, 0.1) is 12.7 Å². The molecular formula is C19H20ClFN4O3S. The number of benzene rings is 2. The first-order valence-electron chi connectivity index (χ1n) is 8.84. The Labute approximate surface area is 172 Å². The van der Waals surface area contributed by atoms with Gasteiger partial charge in [-0.05, 0) is 43.2 Å². The van der Waals surface area contributed by atoms with Crippen molar-refractivity contribution in [2.45, 2.75) is 20.3 Å². The summed E-state index contributed by atoms with van der Waals surface area (Å²) in [6.45, 7) is 3.43. The van der Waals surface area contributed by atoms with Crippen molar-refractivity contribution in [1.29, 1.82) is 0 Å². The molecule has 0 radical (unpaired) electrons. The van der Waals surface area contributed by atoms with Crippen molar-refractivity contribution in [3.8, 4) is 0 Å². The lowest BCUT2D eigenvalue weighted by molar-refractivity contribution is 0.597. The van der Waals surface area contributed by atoms with Crippen molar-refractivity contribution in [3.63, 3.8) is 0 Å². The van der Waals surface area contributed by atoms with E-state index in [0.29, 0.717) is 28.6 Å². The zero-order chi connectivity index (χ0) is 21.3. The molecule has 3 rings (SSSR count). The zero-order valence-corrected chi connectivity index (χ0v) is 17.7. The van der Waals surface area contributed by atoms with Crippen molar-refractivity contribution in [2.75, 3.05) is 15.8 Å². The third-order valence-electron chi connectivity index (χ3n) is 4.39. The second-order valence-corrected chi connectivity index (χ2v) is 8.93. The van der Waals surface area contributed by atoms with E-state index in [0.717, 1.165) is 0 Å². The van der Waals surface area contributed by atoms with Crippen LogP contribution in [0.2, 0.25) is 5.02 Å². The van der Waals surface area contributed by atoms with Crippen LogP contribution in [-0.2, 0) is 17.1 Å². The Morgan fingerprint density at radius 2 is 1.90 bits per heavy atom. The minimum Gasteiger partial charge on any atom is -0.353 e. The SMILES string of the molecule is CCCS(=O)(=O)Nc1cc(Cl)cc(Nc2ccc3ncn(C)c(=O)c3c2C)c1F. The average Bonchev–Trinajstić information content (AvgIpc) is 2.63. The summed E-state index contributed by atoms with van der Waals surface area (Å²) < 4.78 is 42.6. The summed E-state index contributed by atoms with van der Waals surface area (Å²) in [5.74, 6) is -0.936. The Morgan fingerprint density at radius 1 is 1.21 bits per heavy atom. The van der Waals surface area contributed by atoms with Crippen molar-refractivity contribution in [1.82, 2.24) is 9.55 Å². The molecule has 0 amide bonds. The number of hydrogen-bond donors (Lipinski definition) is 2. The number of fused-ring (bicyclic) bond motifs is 1. The fraction of sp³-hybridized carbons (Fsp3) is 0.263. The zero-order valence-electron chi connectivity index (χ0n) is 16.1. The molecule has 0 unspecified atom stereocenters. The molecule has 0 spiro atoms. The van der Waals surface area contributed by atoms with Gasteiger partial charge in [-0.25, -0.2) is 17.8 Å². The lowest BCUT2D eigenvalue weighted by Crippen LogP contribution is -2.18. The molecule has 3 aromatic rings. The molecule has 154 valence electrons. The molecule has 0 saturated heterocycles. The summed E-state index contributed by atoms with van der Waals surface area (Å²) in [4.78, 5) is 16.7. The van der Waals surface area contributed by atoms with E-state index in [9.17, 15) is 17.6 Å². The number of aromatic nitrogens is 2. The van der Waals surface area contributed by atoms with Gasteiger partial charge >= 0.3 is 0 Å². The maximum Gasteiger partial charge on any atom is 0.261 e. The van der Waals surface area contributed by atoms with Crippen molar-refractivity contribution in [2.24, 2.45) is 7.05 Å². The topological polar surface area (TPSA) is 93.1 Å². The summed E-state index contributed by atoms with van der Waals surface area (Å²) in [5, 5.41) is 3.47. The maximum absolute atomic E-state index is 15.0. The molecule has 0 bridgehead atoms. The van der Waals surface area contributed by atoms with Gasteiger partial charge in [-0.1, -0.05) is 18.5 Å². The van der Waals surface area contributed by atoms with Gasteiger partial charge in [0, 0.05) is 17.8 Å². The number of nitrogens with zero attached hydrogens (tertiary/aromatic N) is 2. The van der Waals surface area contributed by atoms with E-state index in [1.165, 1.54) is 23.0 Å². The van der Waals surface area contributed by atoms with Crippen LogP contribution in [0.4, 0.5) is 21.5 Å². The number of aryl methyl sites for hydroxylation is 2. The van der Waals surface area contributed by atoms with Crippen LogP contribution in [0.15, 0.2) is 35.4 Å². The molecule has 0 saturated carbocycles. The van der Waals surface area contributed by atoms with Crippen LogP contribution in [0.3, 0.4) is 0 Å². The summed E-state index contributed by atoms with van der Waals surface area (Å²) in [6, 6.07) is 5.88. The number of anilines is 3. The summed E-state index contributed by atoms with van der Waals surface area (Å²) >= 11 is 6.07. The van der Waals surface area contributed by atoms with Crippen LogP contribution in [0.25, 0.3) is 10.9 Å². The molecule has 0 aliphatic heterocycles. The minimum atomic E-state index is -3.69. The second kappa shape index (κ2) is 8.00. The van der Waals surface area contributed by atoms with Crippen LogP contribution in [0.1, 0.15) is 18.9 Å². The predicted molar refractivity (Wildman–Crippen MR) is 114 cm³/mol. The molecule has 7 nitrogen and oxygen atoms in total. The van der Waals surface area contributed by atoms with E-state index in [2.05, 4.69) is 15.0 Å². The van der Waals surface area contributed by atoms with Crippen LogP contribution in [0.5, 0.6) is 0 Å². The number of hydrogen-bond acceptors (Lipinski definition) is 5. The quantitative estimate of drug-likeness (QED) is 0.608. The van der Waals surface area contributed by atoms with E-state index in [-0.39, 0.29) is 27.7 Å². The van der Waals surface area contributed by atoms with Gasteiger partial charge in [-0.15, -0.1) is 0 Å². The van der Waals surface area contributed by atoms with Crippen LogP contribution >= 0.6 is 11.6 Å². The average molecular weight is 439 g/mol. The van der Waals surface area contributed by atoms with Gasteiger partial charge in [0.2, 0.25) is 10.0 Å². The lowest BCUT2D eigenvalue weighted by atomic mass is 10.1. The number of rotatable bonds is 6. The summed E-state index contributed by atoms with van der Waals surface area (Å²) in [6.07, 6.45) is 1.82. The fourth-order valence-corrected chi connectivity index (χ4v) is 4.32.